The maximum absolute atomic E-state index is 11.8. The summed E-state index contributed by atoms with van der Waals surface area (Å²) >= 11 is 0. The summed E-state index contributed by atoms with van der Waals surface area (Å²) in [6, 6.07) is 12.0. The van der Waals surface area contributed by atoms with Crippen molar-refractivity contribution in [2.75, 3.05) is 16.3 Å². The van der Waals surface area contributed by atoms with Crippen LogP contribution in [-0.2, 0) is 11.0 Å². The number of carbonyl (C=O) groups is 2. The van der Waals surface area contributed by atoms with Crippen LogP contribution in [0.25, 0.3) is 22.0 Å². The summed E-state index contributed by atoms with van der Waals surface area (Å²) in [6.07, 6.45) is 1.55. The number of benzene rings is 2. The molecule has 1 aromatic heterocycles. The number of H-pyrrole nitrogens is 1. The van der Waals surface area contributed by atoms with Gasteiger partial charge in [0.2, 0.25) is 0 Å². The number of primary amides is 2. The molecule has 1 atom stereocenters. The Morgan fingerprint density at radius 3 is 2.46 bits per heavy atom. The zero-order chi connectivity index (χ0) is 18.8. The lowest BCUT2D eigenvalue weighted by Crippen LogP contribution is -2.22. The third-order valence-corrected chi connectivity index (χ3v) is 4.27. The molecule has 3 rings (SSSR count). The summed E-state index contributed by atoms with van der Waals surface area (Å²) in [4.78, 5) is 25.9. The maximum atomic E-state index is 11.8. The molecule has 0 aliphatic carbocycles. The molecule has 0 aliphatic rings. The SMILES string of the molecule is CS(=O)Nc1cccc(-c2ccc3c(C(N)=O)c(NC(N)=O)[nH]c3c2)c1. The Hall–Kier alpha value is -3.33. The van der Waals surface area contributed by atoms with Crippen LogP contribution in [0.4, 0.5) is 16.3 Å². The van der Waals surface area contributed by atoms with E-state index in [1.165, 1.54) is 0 Å². The number of aromatic nitrogens is 1. The van der Waals surface area contributed by atoms with Crippen LogP contribution < -0.4 is 21.5 Å². The molecule has 0 bridgehead atoms. The summed E-state index contributed by atoms with van der Waals surface area (Å²) in [6.45, 7) is 0. The van der Waals surface area contributed by atoms with Gasteiger partial charge in [-0.1, -0.05) is 24.3 Å². The normalized spacial score (nSPS) is 11.9. The van der Waals surface area contributed by atoms with Crippen LogP contribution in [0, 0.1) is 0 Å². The van der Waals surface area contributed by atoms with E-state index < -0.39 is 22.9 Å². The molecule has 26 heavy (non-hydrogen) atoms. The van der Waals surface area contributed by atoms with Gasteiger partial charge in [0, 0.05) is 22.8 Å². The zero-order valence-corrected chi connectivity index (χ0v) is 14.6. The van der Waals surface area contributed by atoms with Crippen molar-refractivity contribution in [2.45, 2.75) is 0 Å². The monoisotopic (exact) mass is 371 g/mol. The Balaban J connectivity index is 2.08. The van der Waals surface area contributed by atoms with E-state index in [-0.39, 0.29) is 11.4 Å². The van der Waals surface area contributed by atoms with E-state index >= 15 is 0 Å². The molecule has 3 amide bonds. The fraction of sp³-hybridized carbons (Fsp3) is 0.0588. The highest BCUT2D eigenvalue weighted by atomic mass is 32.2. The van der Waals surface area contributed by atoms with Gasteiger partial charge < -0.3 is 21.2 Å². The topological polar surface area (TPSA) is 143 Å². The number of aromatic amines is 1. The standard InChI is InChI=1S/C17H17N5O3S/c1-26(25)22-11-4-2-3-9(7-11)10-5-6-12-13(8-10)20-16(21-17(19)24)14(12)15(18)23/h2-8,20,22H,1H3,(H2,18,23)(H3,19,21,24). The number of hydrogen-bond acceptors (Lipinski definition) is 3. The third kappa shape index (κ3) is 3.52. The largest absolute Gasteiger partial charge is 0.365 e. The Bertz CT molecular complexity index is 1040. The van der Waals surface area contributed by atoms with Crippen LogP contribution in [0.3, 0.4) is 0 Å². The van der Waals surface area contributed by atoms with Crippen LogP contribution in [0.2, 0.25) is 0 Å². The van der Waals surface area contributed by atoms with E-state index in [1.54, 1.807) is 12.3 Å². The molecule has 0 saturated heterocycles. The van der Waals surface area contributed by atoms with E-state index in [0.717, 1.165) is 16.8 Å². The quantitative estimate of drug-likeness (QED) is 0.468. The van der Waals surface area contributed by atoms with Crippen molar-refractivity contribution in [2.24, 2.45) is 11.5 Å². The van der Waals surface area contributed by atoms with Crippen molar-refractivity contribution in [1.82, 2.24) is 4.98 Å². The Morgan fingerprint density at radius 1 is 1.08 bits per heavy atom. The molecule has 0 saturated carbocycles. The number of carbonyl (C=O) groups excluding carboxylic acids is 2. The first-order valence-corrected chi connectivity index (χ1v) is 9.13. The Morgan fingerprint density at radius 2 is 1.81 bits per heavy atom. The lowest BCUT2D eigenvalue weighted by atomic mass is 10.0. The molecular weight excluding hydrogens is 354 g/mol. The van der Waals surface area contributed by atoms with E-state index in [9.17, 15) is 13.8 Å². The molecule has 1 unspecified atom stereocenters. The molecule has 1 heterocycles. The molecule has 0 fully saturated rings. The molecule has 134 valence electrons. The van der Waals surface area contributed by atoms with Gasteiger partial charge in [-0.2, -0.15) is 0 Å². The summed E-state index contributed by atoms with van der Waals surface area (Å²) in [7, 11) is -1.17. The van der Waals surface area contributed by atoms with Gasteiger partial charge in [0.15, 0.2) is 0 Å². The fourth-order valence-electron chi connectivity index (χ4n) is 2.78. The summed E-state index contributed by atoms with van der Waals surface area (Å²) in [5.74, 6) is -0.515. The van der Waals surface area contributed by atoms with Crippen LogP contribution in [0.1, 0.15) is 10.4 Å². The molecule has 7 N–H and O–H groups in total. The van der Waals surface area contributed by atoms with Crippen molar-refractivity contribution in [3.05, 3.63) is 48.0 Å². The van der Waals surface area contributed by atoms with Gasteiger partial charge in [0.25, 0.3) is 5.91 Å². The third-order valence-electron chi connectivity index (χ3n) is 3.75. The van der Waals surface area contributed by atoms with E-state index in [1.807, 2.05) is 36.4 Å². The van der Waals surface area contributed by atoms with Crippen LogP contribution in [0.5, 0.6) is 0 Å². The lowest BCUT2D eigenvalue weighted by Gasteiger charge is -2.06. The highest BCUT2D eigenvalue weighted by Gasteiger charge is 2.17. The van der Waals surface area contributed by atoms with Gasteiger partial charge >= 0.3 is 6.03 Å². The minimum Gasteiger partial charge on any atom is -0.365 e. The second-order valence-electron chi connectivity index (χ2n) is 5.63. The fourth-order valence-corrected chi connectivity index (χ4v) is 3.24. The van der Waals surface area contributed by atoms with E-state index in [2.05, 4.69) is 15.0 Å². The summed E-state index contributed by atoms with van der Waals surface area (Å²) in [5.41, 5.74) is 13.8. The molecule has 0 radical (unpaired) electrons. The van der Waals surface area contributed by atoms with Gasteiger partial charge in [-0.05, 0) is 29.3 Å². The average Bonchev–Trinajstić information content (AvgIpc) is 2.90. The van der Waals surface area contributed by atoms with Gasteiger partial charge in [-0.3, -0.25) is 10.1 Å². The van der Waals surface area contributed by atoms with Gasteiger partial charge in [0.1, 0.15) is 16.8 Å². The number of urea groups is 1. The van der Waals surface area contributed by atoms with Crippen molar-refractivity contribution in [3.63, 3.8) is 0 Å². The van der Waals surface area contributed by atoms with Gasteiger partial charge in [0.05, 0.1) is 5.56 Å². The molecule has 0 aliphatic heterocycles. The number of amides is 3. The number of nitrogens with one attached hydrogen (secondary N) is 3. The van der Waals surface area contributed by atoms with Crippen LogP contribution in [0.15, 0.2) is 42.5 Å². The van der Waals surface area contributed by atoms with Crippen molar-refractivity contribution >= 4 is 45.3 Å². The number of fused-ring (bicyclic) bond motifs is 1. The number of anilines is 2. The number of hydrogen-bond donors (Lipinski definition) is 5. The van der Waals surface area contributed by atoms with Crippen molar-refractivity contribution in [1.29, 1.82) is 0 Å². The van der Waals surface area contributed by atoms with E-state index in [0.29, 0.717) is 10.9 Å². The number of nitrogens with two attached hydrogens (primary N) is 2. The molecule has 8 nitrogen and oxygen atoms in total. The van der Waals surface area contributed by atoms with Crippen LogP contribution in [-0.4, -0.2) is 27.4 Å². The molecule has 3 aromatic rings. The maximum Gasteiger partial charge on any atom is 0.317 e. The predicted octanol–water partition coefficient (Wildman–Crippen LogP) is 2.13. The first-order chi connectivity index (χ1) is 12.3. The first kappa shape index (κ1) is 17.5. The average molecular weight is 371 g/mol. The summed E-state index contributed by atoms with van der Waals surface area (Å²) in [5, 5.41) is 2.95. The highest BCUT2D eigenvalue weighted by molar-refractivity contribution is 7.85. The van der Waals surface area contributed by atoms with E-state index in [4.69, 9.17) is 11.5 Å². The zero-order valence-electron chi connectivity index (χ0n) is 13.8. The van der Waals surface area contributed by atoms with Crippen molar-refractivity contribution in [3.8, 4) is 11.1 Å². The van der Waals surface area contributed by atoms with Gasteiger partial charge in [-0.25, -0.2) is 9.00 Å². The Kier molecular flexibility index (Phi) is 4.63. The lowest BCUT2D eigenvalue weighted by molar-refractivity contribution is 0.100. The molecule has 2 aromatic carbocycles. The highest BCUT2D eigenvalue weighted by Crippen LogP contribution is 2.31. The summed E-state index contributed by atoms with van der Waals surface area (Å²) < 4.78 is 14.2. The molecular formula is C17H17N5O3S. The smallest absolute Gasteiger partial charge is 0.317 e. The second kappa shape index (κ2) is 6.89. The Labute approximate surface area is 151 Å². The molecule has 9 heteroatoms. The minimum absolute atomic E-state index is 0.161. The van der Waals surface area contributed by atoms with Gasteiger partial charge in [-0.15, -0.1) is 0 Å². The first-order valence-electron chi connectivity index (χ1n) is 7.57. The predicted molar refractivity (Wildman–Crippen MR) is 103 cm³/mol. The minimum atomic E-state index is -1.17. The number of rotatable bonds is 5. The second-order valence-corrected chi connectivity index (χ2v) is 6.74. The molecule has 0 spiro atoms. The van der Waals surface area contributed by atoms with Crippen LogP contribution >= 0.6 is 0 Å². The van der Waals surface area contributed by atoms with Crippen molar-refractivity contribution < 1.29 is 13.8 Å².